The molecule has 3 fully saturated rings. The molecule has 13 heteroatoms. The second-order valence-corrected chi connectivity index (χ2v) is 9.02. The molecule has 32 heavy (non-hydrogen) atoms. The average Bonchev–Trinajstić information content (AvgIpc) is 3.46. The van der Waals surface area contributed by atoms with Gasteiger partial charge in [0.1, 0.15) is 18.2 Å². The predicted octanol–water partition coefficient (Wildman–Crippen LogP) is 3.14. The van der Waals surface area contributed by atoms with Crippen molar-refractivity contribution >= 4 is 58.5 Å². The van der Waals surface area contributed by atoms with Gasteiger partial charge >= 0.3 is 5.97 Å². The summed E-state index contributed by atoms with van der Waals surface area (Å²) in [5.74, 6) is 0.505. The Hall–Kier alpha value is -2.63. The van der Waals surface area contributed by atoms with Gasteiger partial charge in [0, 0.05) is 6.26 Å². The van der Waals surface area contributed by atoms with Crippen LogP contribution in [0.1, 0.15) is 10.4 Å². The summed E-state index contributed by atoms with van der Waals surface area (Å²) in [5.41, 5.74) is 0.674. The fourth-order valence-corrected chi connectivity index (χ4v) is 5.70. The Labute approximate surface area is 193 Å². The Morgan fingerprint density at radius 2 is 2.12 bits per heavy atom. The Morgan fingerprint density at radius 1 is 1.34 bits per heavy atom. The van der Waals surface area contributed by atoms with Crippen molar-refractivity contribution in [2.24, 2.45) is 0 Å². The van der Waals surface area contributed by atoms with Crippen LogP contribution in [0.25, 0.3) is 11.2 Å². The number of imidazole rings is 1. The summed E-state index contributed by atoms with van der Waals surface area (Å²) in [5, 5.41) is -1.64. The predicted molar refractivity (Wildman–Crippen MR) is 114 cm³/mol. The Morgan fingerprint density at radius 3 is 2.81 bits per heavy atom. The summed E-state index contributed by atoms with van der Waals surface area (Å²) in [6.07, 6.45) is 0.805. The highest BCUT2D eigenvalue weighted by molar-refractivity contribution is 8.03. The van der Waals surface area contributed by atoms with Gasteiger partial charge in [0.05, 0.1) is 17.6 Å². The number of halogens is 2. The van der Waals surface area contributed by atoms with E-state index in [-0.39, 0.29) is 27.6 Å². The van der Waals surface area contributed by atoms with Crippen molar-refractivity contribution in [3.8, 4) is 0 Å². The fraction of sp³-hybridized carbons (Fsp3) is 0.263. The molecule has 9 nitrogen and oxygen atoms in total. The van der Waals surface area contributed by atoms with Gasteiger partial charge in [-0.25, -0.2) is 28.9 Å². The number of esters is 1. The molecule has 6 rings (SSSR count). The van der Waals surface area contributed by atoms with Crippen molar-refractivity contribution in [1.29, 1.82) is 0 Å². The molecule has 0 unspecified atom stereocenters. The van der Waals surface area contributed by atoms with E-state index in [1.165, 1.54) is 29.4 Å². The van der Waals surface area contributed by atoms with E-state index in [1.54, 1.807) is 30.4 Å². The first-order valence-electron chi connectivity index (χ1n) is 9.07. The van der Waals surface area contributed by atoms with E-state index < -0.39 is 28.2 Å². The SMILES string of the molecule is CSOC(=C=O)[C@H]1O[C@]2(n3cnc4c(Cl)ncnc43)S[C@]1(OC(=O)c1ccccc1)[C@@H]2F. The summed E-state index contributed by atoms with van der Waals surface area (Å²) in [4.78, 5) is 34.6. The molecule has 2 bridgehead atoms. The van der Waals surface area contributed by atoms with Crippen LogP contribution in [-0.4, -0.2) is 54.9 Å². The van der Waals surface area contributed by atoms with Crippen LogP contribution >= 0.6 is 35.4 Å². The van der Waals surface area contributed by atoms with Crippen molar-refractivity contribution in [2.45, 2.75) is 22.3 Å². The first-order valence-corrected chi connectivity index (χ1v) is 11.4. The highest BCUT2D eigenvalue weighted by atomic mass is 35.5. The first-order chi connectivity index (χ1) is 15.5. The number of carbonyl (C=O) groups excluding carboxylic acids is 2. The maximum absolute atomic E-state index is 16.0. The summed E-state index contributed by atoms with van der Waals surface area (Å²) in [6.45, 7) is 0. The van der Waals surface area contributed by atoms with Gasteiger partial charge in [-0.2, -0.15) is 0 Å². The van der Waals surface area contributed by atoms with Crippen LogP contribution in [0, 0.1) is 0 Å². The molecule has 5 heterocycles. The number of ether oxygens (including phenoxy) is 2. The second kappa shape index (κ2) is 7.75. The molecule has 3 aliphatic heterocycles. The first kappa shape index (κ1) is 21.2. The fourth-order valence-electron chi connectivity index (χ4n) is 3.66. The number of nitrogens with zero attached hydrogens (tertiary/aromatic N) is 4. The van der Waals surface area contributed by atoms with E-state index in [0.717, 1.165) is 23.8 Å². The number of rotatable bonds is 6. The summed E-state index contributed by atoms with van der Waals surface area (Å²) in [7, 11) is 0. The molecular formula is C19H12ClFN4O5S2. The monoisotopic (exact) mass is 494 g/mol. The van der Waals surface area contributed by atoms with Crippen LogP contribution in [0.4, 0.5) is 4.39 Å². The molecule has 0 radical (unpaired) electrons. The zero-order valence-electron chi connectivity index (χ0n) is 16.1. The summed E-state index contributed by atoms with van der Waals surface area (Å²) in [6, 6.07) is 8.09. The third kappa shape index (κ3) is 2.87. The molecule has 0 aliphatic carbocycles. The van der Waals surface area contributed by atoms with Crippen LogP contribution in [0.15, 0.2) is 48.7 Å². The van der Waals surface area contributed by atoms with Crippen molar-refractivity contribution < 1.29 is 27.6 Å². The van der Waals surface area contributed by atoms with E-state index in [1.807, 2.05) is 0 Å². The van der Waals surface area contributed by atoms with E-state index >= 15 is 4.39 Å². The van der Waals surface area contributed by atoms with Crippen LogP contribution in [0.5, 0.6) is 0 Å². The topological polar surface area (TPSA) is 105 Å². The summed E-state index contributed by atoms with van der Waals surface area (Å²) < 4.78 is 34.1. The lowest BCUT2D eigenvalue weighted by molar-refractivity contribution is -0.0448. The molecule has 3 aromatic rings. The number of hydrogen-bond acceptors (Lipinski definition) is 10. The number of benzene rings is 1. The highest BCUT2D eigenvalue weighted by Gasteiger charge is 2.83. The van der Waals surface area contributed by atoms with E-state index in [9.17, 15) is 9.59 Å². The second-order valence-electron chi connectivity index (χ2n) is 6.74. The lowest BCUT2D eigenvalue weighted by atomic mass is 10.1. The number of thioether (sulfide) groups is 1. The van der Waals surface area contributed by atoms with Gasteiger partial charge in [0.25, 0.3) is 0 Å². The minimum absolute atomic E-state index is 0.0837. The third-order valence-corrected chi connectivity index (χ3v) is 7.27. The molecule has 164 valence electrons. The van der Waals surface area contributed by atoms with Crippen LogP contribution in [0.2, 0.25) is 5.15 Å². The minimum atomic E-state index is -1.90. The van der Waals surface area contributed by atoms with Crippen molar-refractivity contribution in [3.63, 3.8) is 0 Å². The van der Waals surface area contributed by atoms with E-state index in [4.69, 9.17) is 25.3 Å². The van der Waals surface area contributed by atoms with Crippen LogP contribution in [-0.2, 0) is 23.5 Å². The van der Waals surface area contributed by atoms with Gasteiger partial charge in [0.15, 0.2) is 22.8 Å². The normalized spacial score (nSPS) is 28.1. The number of alkyl halides is 1. The number of fused-ring (bicyclic) bond motifs is 2. The molecule has 0 saturated carbocycles. The molecular weight excluding hydrogens is 483 g/mol. The number of aromatic nitrogens is 4. The third-order valence-electron chi connectivity index (χ3n) is 5.03. The van der Waals surface area contributed by atoms with Crippen LogP contribution in [0.3, 0.4) is 0 Å². The molecule has 1 aromatic carbocycles. The largest absolute Gasteiger partial charge is 0.437 e. The number of carbonyl (C=O) groups is 1. The standard InChI is InChI=1S/C19H12ClFN4O5S2/c1-31-30-11(7-26)13-18(29-16(27)10-5-3-2-4-6-10)17(21)19(28-13,32-18)25-9-24-12-14(20)22-8-23-15(12)25/h2-6,8-9,13,17H,1H3/t13-,17+,18+,19+/m1/s1. The van der Waals surface area contributed by atoms with Crippen molar-refractivity contribution in [2.75, 3.05) is 6.26 Å². The molecule has 0 amide bonds. The van der Waals surface area contributed by atoms with Gasteiger partial charge in [-0.3, -0.25) is 4.57 Å². The molecule has 0 N–H and O–H groups in total. The maximum Gasteiger partial charge on any atom is 0.339 e. The zero-order valence-corrected chi connectivity index (χ0v) is 18.5. The summed E-state index contributed by atoms with van der Waals surface area (Å²) >= 11 is 7.78. The van der Waals surface area contributed by atoms with Gasteiger partial charge in [0.2, 0.25) is 21.9 Å². The molecule has 2 aromatic heterocycles. The average molecular weight is 495 g/mol. The van der Waals surface area contributed by atoms with Gasteiger partial charge < -0.3 is 13.7 Å². The van der Waals surface area contributed by atoms with Crippen molar-refractivity contribution in [3.05, 3.63) is 59.5 Å². The molecule has 0 spiro atoms. The van der Waals surface area contributed by atoms with E-state index in [2.05, 4.69) is 15.0 Å². The molecule has 3 aliphatic rings. The van der Waals surface area contributed by atoms with Gasteiger partial charge in [-0.1, -0.05) is 29.8 Å². The lowest BCUT2D eigenvalue weighted by Crippen LogP contribution is -2.60. The minimum Gasteiger partial charge on any atom is -0.437 e. The lowest BCUT2D eigenvalue weighted by Gasteiger charge is -2.46. The Kier molecular flexibility index (Phi) is 5.14. The van der Waals surface area contributed by atoms with Gasteiger partial charge in [-0.05, 0) is 23.9 Å². The van der Waals surface area contributed by atoms with Gasteiger partial charge in [-0.15, -0.1) is 0 Å². The Balaban J connectivity index is 1.58. The smallest absolute Gasteiger partial charge is 0.339 e. The maximum atomic E-state index is 16.0. The van der Waals surface area contributed by atoms with Crippen LogP contribution < -0.4 is 0 Å². The Bertz CT molecular complexity index is 1270. The van der Waals surface area contributed by atoms with E-state index in [0.29, 0.717) is 0 Å². The quantitative estimate of drug-likeness (QED) is 0.167. The molecule has 4 atom stereocenters. The highest BCUT2D eigenvalue weighted by Crippen LogP contribution is 2.71. The zero-order chi connectivity index (χ0) is 22.5. The van der Waals surface area contributed by atoms with Crippen molar-refractivity contribution in [1.82, 2.24) is 19.5 Å². The molecule has 3 saturated heterocycles. The number of hydrogen-bond donors (Lipinski definition) is 0.